The molecule has 18 heavy (non-hydrogen) atoms. The normalized spacial score (nSPS) is 21.4. The van der Waals surface area contributed by atoms with Crippen LogP contribution < -0.4 is 5.19 Å². The van der Waals surface area contributed by atoms with E-state index in [9.17, 15) is 0 Å². The molecule has 2 saturated heterocycles. The molecule has 0 unspecified atom stereocenters. The SMILES string of the molecule is CO[SiH2]c1ccccc1C(C1COC1)C1COC1. The van der Waals surface area contributed by atoms with Crippen LogP contribution in [-0.4, -0.2) is 43.3 Å². The topological polar surface area (TPSA) is 27.7 Å². The first-order valence-electron chi connectivity index (χ1n) is 6.62. The van der Waals surface area contributed by atoms with Crippen molar-refractivity contribution in [2.75, 3.05) is 33.5 Å². The predicted molar refractivity (Wildman–Crippen MR) is 73.0 cm³/mol. The number of benzene rings is 1. The van der Waals surface area contributed by atoms with Crippen molar-refractivity contribution in [2.24, 2.45) is 11.8 Å². The number of ether oxygens (including phenoxy) is 2. The molecule has 0 bridgehead atoms. The molecule has 0 radical (unpaired) electrons. The third kappa shape index (κ3) is 2.25. The molecule has 2 fully saturated rings. The third-order valence-corrected chi connectivity index (χ3v) is 5.30. The highest BCUT2D eigenvalue weighted by Crippen LogP contribution is 2.38. The van der Waals surface area contributed by atoms with Gasteiger partial charge in [0.15, 0.2) is 9.76 Å². The zero-order chi connectivity index (χ0) is 12.4. The van der Waals surface area contributed by atoms with E-state index in [4.69, 9.17) is 13.9 Å². The molecule has 0 aliphatic carbocycles. The molecule has 2 aliphatic heterocycles. The molecule has 2 heterocycles. The molecule has 3 rings (SSSR count). The monoisotopic (exact) mass is 264 g/mol. The molecule has 0 spiro atoms. The van der Waals surface area contributed by atoms with E-state index in [1.54, 1.807) is 0 Å². The minimum atomic E-state index is -0.585. The van der Waals surface area contributed by atoms with Crippen LogP contribution in [0.25, 0.3) is 0 Å². The fourth-order valence-corrected chi connectivity index (χ4v) is 4.03. The second-order valence-corrected chi connectivity index (χ2v) is 6.88. The largest absolute Gasteiger partial charge is 0.422 e. The number of rotatable bonds is 5. The van der Waals surface area contributed by atoms with Crippen molar-refractivity contribution >= 4 is 14.9 Å². The lowest BCUT2D eigenvalue weighted by atomic mass is 9.75. The van der Waals surface area contributed by atoms with Gasteiger partial charge in [0, 0.05) is 18.9 Å². The average Bonchev–Trinajstić information content (AvgIpc) is 2.25. The van der Waals surface area contributed by atoms with E-state index < -0.39 is 9.76 Å². The van der Waals surface area contributed by atoms with Crippen LogP contribution >= 0.6 is 0 Å². The molecule has 1 aromatic carbocycles. The number of hydrogen-bond acceptors (Lipinski definition) is 3. The summed E-state index contributed by atoms with van der Waals surface area (Å²) in [4.78, 5) is 0. The predicted octanol–water partition coefficient (Wildman–Crippen LogP) is 0.418. The van der Waals surface area contributed by atoms with Crippen LogP contribution in [0.1, 0.15) is 11.5 Å². The molecular weight excluding hydrogens is 244 g/mol. The Balaban J connectivity index is 1.88. The van der Waals surface area contributed by atoms with Gasteiger partial charge < -0.3 is 13.9 Å². The molecule has 2 aliphatic rings. The summed E-state index contributed by atoms with van der Waals surface area (Å²) in [5.74, 6) is 1.95. The molecule has 0 aromatic heterocycles. The quantitative estimate of drug-likeness (QED) is 0.721. The van der Waals surface area contributed by atoms with Crippen molar-refractivity contribution < 1.29 is 13.9 Å². The fraction of sp³-hybridized carbons (Fsp3) is 0.571. The second kappa shape index (κ2) is 5.53. The lowest BCUT2D eigenvalue weighted by molar-refractivity contribution is -0.104. The standard InChI is InChI=1S/C14H20O3Si/c1-15-18-13-5-3-2-4-12(13)14(10-6-16-7-10)11-8-17-9-11/h2-5,10-11,14H,6-9,18H2,1H3. The van der Waals surface area contributed by atoms with E-state index >= 15 is 0 Å². The molecule has 0 amide bonds. The summed E-state index contributed by atoms with van der Waals surface area (Å²) in [5, 5.41) is 1.45. The van der Waals surface area contributed by atoms with Crippen LogP contribution in [-0.2, 0) is 13.9 Å². The number of hydrogen-bond donors (Lipinski definition) is 0. The second-order valence-electron chi connectivity index (χ2n) is 5.25. The van der Waals surface area contributed by atoms with E-state index in [0.717, 1.165) is 26.4 Å². The van der Waals surface area contributed by atoms with Crippen LogP contribution in [0.15, 0.2) is 24.3 Å². The third-order valence-electron chi connectivity index (χ3n) is 4.06. The van der Waals surface area contributed by atoms with E-state index in [2.05, 4.69) is 24.3 Å². The van der Waals surface area contributed by atoms with E-state index in [1.807, 2.05) is 7.11 Å². The van der Waals surface area contributed by atoms with E-state index in [0.29, 0.717) is 17.8 Å². The van der Waals surface area contributed by atoms with Crippen LogP contribution in [0.5, 0.6) is 0 Å². The van der Waals surface area contributed by atoms with Gasteiger partial charge in [0.2, 0.25) is 0 Å². The van der Waals surface area contributed by atoms with Crippen molar-refractivity contribution in [1.29, 1.82) is 0 Å². The van der Waals surface area contributed by atoms with Gasteiger partial charge in [0.25, 0.3) is 0 Å². The smallest absolute Gasteiger partial charge is 0.191 e. The lowest BCUT2D eigenvalue weighted by Gasteiger charge is -2.43. The van der Waals surface area contributed by atoms with Crippen molar-refractivity contribution in [3.63, 3.8) is 0 Å². The Hall–Kier alpha value is -0.683. The molecule has 0 atom stereocenters. The molecule has 98 valence electrons. The van der Waals surface area contributed by atoms with Crippen molar-refractivity contribution in [3.05, 3.63) is 29.8 Å². The van der Waals surface area contributed by atoms with Gasteiger partial charge in [-0.2, -0.15) is 0 Å². The Morgan fingerprint density at radius 1 is 1.11 bits per heavy atom. The Kier molecular flexibility index (Phi) is 3.79. The van der Waals surface area contributed by atoms with Gasteiger partial charge in [-0.3, -0.25) is 0 Å². The summed E-state index contributed by atoms with van der Waals surface area (Å²) in [6, 6.07) is 8.78. The summed E-state index contributed by atoms with van der Waals surface area (Å²) in [7, 11) is 1.23. The first kappa shape index (κ1) is 12.4. The Labute approximate surface area is 110 Å². The zero-order valence-corrected chi connectivity index (χ0v) is 12.2. The highest BCUT2D eigenvalue weighted by atomic mass is 28.2. The maximum atomic E-state index is 5.46. The van der Waals surface area contributed by atoms with Crippen molar-refractivity contribution in [2.45, 2.75) is 5.92 Å². The summed E-state index contributed by atoms with van der Waals surface area (Å²) < 4.78 is 16.2. The Bertz CT molecular complexity index is 388. The van der Waals surface area contributed by atoms with Gasteiger partial charge >= 0.3 is 0 Å². The molecule has 0 saturated carbocycles. The molecule has 1 aromatic rings. The van der Waals surface area contributed by atoms with E-state index in [-0.39, 0.29) is 0 Å². The average molecular weight is 264 g/mol. The van der Waals surface area contributed by atoms with Crippen LogP contribution in [0, 0.1) is 11.8 Å². The molecule has 3 nitrogen and oxygen atoms in total. The minimum Gasteiger partial charge on any atom is -0.422 e. The molecule has 4 heteroatoms. The van der Waals surface area contributed by atoms with Crippen molar-refractivity contribution in [1.82, 2.24) is 0 Å². The first-order chi connectivity index (χ1) is 8.90. The Morgan fingerprint density at radius 3 is 2.22 bits per heavy atom. The summed E-state index contributed by atoms with van der Waals surface area (Å²) in [6.07, 6.45) is 0. The van der Waals surface area contributed by atoms with Crippen LogP contribution in [0.4, 0.5) is 0 Å². The van der Waals surface area contributed by atoms with Gasteiger partial charge in [-0.1, -0.05) is 24.3 Å². The summed E-state index contributed by atoms with van der Waals surface area (Å²) in [6.45, 7) is 3.63. The zero-order valence-electron chi connectivity index (χ0n) is 10.8. The Morgan fingerprint density at radius 2 is 1.72 bits per heavy atom. The van der Waals surface area contributed by atoms with Crippen LogP contribution in [0.2, 0.25) is 0 Å². The van der Waals surface area contributed by atoms with Gasteiger partial charge in [-0.15, -0.1) is 0 Å². The minimum absolute atomic E-state index is 0.585. The highest BCUT2D eigenvalue weighted by molar-refractivity contribution is 6.47. The summed E-state index contributed by atoms with van der Waals surface area (Å²) in [5.41, 5.74) is 1.49. The maximum Gasteiger partial charge on any atom is 0.191 e. The van der Waals surface area contributed by atoms with Crippen molar-refractivity contribution in [3.8, 4) is 0 Å². The van der Waals surface area contributed by atoms with E-state index in [1.165, 1.54) is 10.8 Å². The molecular formula is C14H20O3Si. The maximum absolute atomic E-state index is 5.46. The van der Waals surface area contributed by atoms with Gasteiger partial charge in [0.1, 0.15) is 0 Å². The fourth-order valence-electron chi connectivity index (χ4n) is 2.96. The molecule has 0 N–H and O–H groups in total. The van der Waals surface area contributed by atoms with Crippen LogP contribution in [0.3, 0.4) is 0 Å². The summed E-state index contributed by atoms with van der Waals surface area (Å²) >= 11 is 0. The van der Waals surface area contributed by atoms with Gasteiger partial charge in [0.05, 0.1) is 26.4 Å². The highest BCUT2D eigenvalue weighted by Gasteiger charge is 2.39. The van der Waals surface area contributed by atoms with Gasteiger partial charge in [-0.05, 0) is 16.7 Å². The lowest BCUT2D eigenvalue weighted by Crippen LogP contribution is -2.45. The first-order valence-corrected chi connectivity index (χ1v) is 7.91. The van der Waals surface area contributed by atoms with Gasteiger partial charge in [-0.25, -0.2) is 0 Å².